The Labute approximate surface area is 115 Å². The lowest BCUT2D eigenvalue weighted by Crippen LogP contribution is -2.49. The third-order valence-corrected chi connectivity index (χ3v) is 4.10. The van der Waals surface area contributed by atoms with Crippen LogP contribution < -0.4 is 15.8 Å². The molecule has 2 atom stereocenters. The Bertz CT molecular complexity index is 437. The molecule has 5 nitrogen and oxygen atoms in total. The molecule has 0 aromatic carbocycles. The van der Waals surface area contributed by atoms with Crippen molar-refractivity contribution in [1.82, 2.24) is 9.97 Å². The number of anilines is 1. The molecule has 1 fully saturated rings. The molecule has 0 amide bonds. The summed E-state index contributed by atoms with van der Waals surface area (Å²) < 4.78 is 5.24. The second-order valence-corrected chi connectivity index (χ2v) is 5.67. The highest BCUT2D eigenvalue weighted by atomic mass is 16.5. The number of methoxy groups -OCH3 is 1. The van der Waals surface area contributed by atoms with Crippen LogP contribution in [0.3, 0.4) is 0 Å². The summed E-state index contributed by atoms with van der Waals surface area (Å²) in [5.74, 6) is 2.16. The highest BCUT2D eigenvalue weighted by Gasteiger charge is 2.34. The van der Waals surface area contributed by atoms with Gasteiger partial charge in [0.1, 0.15) is 12.1 Å². The first kappa shape index (κ1) is 14.1. The molecule has 2 unspecified atom stereocenters. The lowest BCUT2D eigenvalue weighted by molar-refractivity contribution is 0.263. The highest BCUT2D eigenvalue weighted by Crippen LogP contribution is 2.35. The predicted octanol–water partition coefficient (Wildman–Crippen LogP) is 2.11. The van der Waals surface area contributed by atoms with Gasteiger partial charge in [-0.3, -0.25) is 0 Å². The van der Waals surface area contributed by atoms with Gasteiger partial charge in [0.2, 0.25) is 5.88 Å². The van der Waals surface area contributed by atoms with Gasteiger partial charge in [0.15, 0.2) is 0 Å². The van der Waals surface area contributed by atoms with Gasteiger partial charge in [0.25, 0.3) is 0 Å². The number of nitrogens with one attached hydrogen (secondary N) is 1. The third kappa shape index (κ3) is 2.97. The topological polar surface area (TPSA) is 73.1 Å². The lowest BCUT2D eigenvalue weighted by atomic mass is 9.76. The van der Waals surface area contributed by atoms with E-state index in [4.69, 9.17) is 10.5 Å². The van der Waals surface area contributed by atoms with Crippen molar-refractivity contribution in [1.29, 1.82) is 0 Å². The van der Waals surface area contributed by atoms with Gasteiger partial charge in [-0.15, -0.1) is 0 Å². The molecule has 3 N–H and O–H groups in total. The first-order chi connectivity index (χ1) is 9.10. The zero-order chi connectivity index (χ0) is 13.9. The van der Waals surface area contributed by atoms with Crippen LogP contribution in [0.2, 0.25) is 0 Å². The molecule has 106 valence electrons. The Kier molecular flexibility index (Phi) is 4.24. The minimum Gasteiger partial charge on any atom is -0.481 e. The van der Waals surface area contributed by atoms with E-state index in [1.165, 1.54) is 19.2 Å². The zero-order valence-corrected chi connectivity index (χ0v) is 12.1. The predicted molar refractivity (Wildman–Crippen MR) is 76.4 cm³/mol. The van der Waals surface area contributed by atoms with Crippen molar-refractivity contribution in [2.75, 3.05) is 19.0 Å². The van der Waals surface area contributed by atoms with Crippen molar-refractivity contribution in [3.63, 3.8) is 0 Å². The second-order valence-electron chi connectivity index (χ2n) is 5.67. The Morgan fingerprint density at radius 3 is 2.95 bits per heavy atom. The van der Waals surface area contributed by atoms with Gasteiger partial charge in [0.05, 0.1) is 18.2 Å². The van der Waals surface area contributed by atoms with Crippen molar-refractivity contribution in [2.24, 2.45) is 11.7 Å². The fourth-order valence-corrected chi connectivity index (χ4v) is 3.03. The summed E-state index contributed by atoms with van der Waals surface area (Å²) in [6.07, 6.45) is 6.22. The zero-order valence-electron chi connectivity index (χ0n) is 12.1. The summed E-state index contributed by atoms with van der Waals surface area (Å²) in [7, 11) is 1.63. The summed E-state index contributed by atoms with van der Waals surface area (Å²) in [4.78, 5) is 8.45. The van der Waals surface area contributed by atoms with Gasteiger partial charge < -0.3 is 15.8 Å². The fourth-order valence-electron chi connectivity index (χ4n) is 3.03. The molecule has 1 aliphatic carbocycles. The largest absolute Gasteiger partial charge is 0.481 e. The molecule has 19 heavy (non-hydrogen) atoms. The summed E-state index contributed by atoms with van der Waals surface area (Å²) >= 11 is 0. The molecule has 1 aromatic rings. The van der Waals surface area contributed by atoms with Crippen molar-refractivity contribution < 1.29 is 4.74 Å². The van der Waals surface area contributed by atoms with Crippen molar-refractivity contribution >= 4 is 5.82 Å². The molecule has 2 rings (SSSR count). The molecule has 1 saturated carbocycles. The first-order valence-corrected chi connectivity index (χ1v) is 6.94. The van der Waals surface area contributed by atoms with E-state index in [-0.39, 0.29) is 5.54 Å². The molecule has 0 radical (unpaired) electrons. The number of hydrogen-bond acceptors (Lipinski definition) is 5. The van der Waals surface area contributed by atoms with Crippen LogP contribution in [0.5, 0.6) is 5.88 Å². The van der Waals surface area contributed by atoms with Gasteiger partial charge in [-0.25, -0.2) is 9.97 Å². The molecule has 5 heteroatoms. The van der Waals surface area contributed by atoms with Gasteiger partial charge in [-0.05, 0) is 25.7 Å². The Balaban J connectivity index is 2.23. The molecule has 1 aliphatic rings. The van der Waals surface area contributed by atoms with E-state index in [0.29, 0.717) is 18.3 Å². The van der Waals surface area contributed by atoms with Crippen LogP contribution in [0.4, 0.5) is 5.82 Å². The van der Waals surface area contributed by atoms with Gasteiger partial charge >= 0.3 is 0 Å². The SMILES string of the molecule is COc1ncnc(NC2(CN)CCCC(C)C2)c1C. The van der Waals surface area contributed by atoms with E-state index in [2.05, 4.69) is 22.2 Å². The maximum absolute atomic E-state index is 6.03. The van der Waals surface area contributed by atoms with Gasteiger partial charge in [0, 0.05) is 6.54 Å². The summed E-state index contributed by atoms with van der Waals surface area (Å²) in [5.41, 5.74) is 6.93. The number of nitrogens with two attached hydrogens (primary N) is 1. The maximum atomic E-state index is 6.03. The number of hydrogen-bond donors (Lipinski definition) is 2. The van der Waals surface area contributed by atoms with Crippen LogP contribution in [-0.2, 0) is 0 Å². The van der Waals surface area contributed by atoms with Crippen LogP contribution >= 0.6 is 0 Å². The fraction of sp³-hybridized carbons (Fsp3) is 0.714. The van der Waals surface area contributed by atoms with Crippen LogP contribution in [0.25, 0.3) is 0 Å². The number of aromatic nitrogens is 2. The quantitative estimate of drug-likeness (QED) is 0.871. The van der Waals surface area contributed by atoms with Crippen LogP contribution in [0.1, 0.15) is 38.2 Å². The van der Waals surface area contributed by atoms with E-state index < -0.39 is 0 Å². The van der Waals surface area contributed by atoms with Crippen molar-refractivity contribution in [3.8, 4) is 5.88 Å². The molecule has 0 bridgehead atoms. The molecule has 0 aliphatic heterocycles. The van der Waals surface area contributed by atoms with Crippen molar-refractivity contribution in [2.45, 2.75) is 45.1 Å². The minimum absolute atomic E-state index is 0.0399. The maximum Gasteiger partial charge on any atom is 0.221 e. The molecule has 1 aromatic heterocycles. The Morgan fingerprint density at radius 1 is 1.53 bits per heavy atom. The molecular formula is C14H24N4O. The summed E-state index contributed by atoms with van der Waals surface area (Å²) in [6.45, 7) is 4.89. The monoisotopic (exact) mass is 264 g/mol. The smallest absolute Gasteiger partial charge is 0.221 e. The number of ether oxygens (including phenoxy) is 1. The molecule has 0 saturated heterocycles. The van der Waals surface area contributed by atoms with E-state index in [9.17, 15) is 0 Å². The Morgan fingerprint density at radius 2 is 2.32 bits per heavy atom. The summed E-state index contributed by atoms with van der Waals surface area (Å²) in [6, 6.07) is 0. The molecule has 0 spiro atoms. The highest BCUT2D eigenvalue weighted by molar-refractivity contribution is 5.49. The normalized spacial score (nSPS) is 27.1. The average Bonchev–Trinajstić information content (AvgIpc) is 2.41. The number of nitrogens with zero attached hydrogens (tertiary/aromatic N) is 2. The third-order valence-electron chi connectivity index (χ3n) is 4.10. The summed E-state index contributed by atoms with van der Waals surface area (Å²) in [5, 5.41) is 3.56. The Hall–Kier alpha value is -1.36. The lowest BCUT2D eigenvalue weighted by Gasteiger charge is -2.40. The van der Waals surface area contributed by atoms with E-state index in [1.807, 2.05) is 6.92 Å². The minimum atomic E-state index is -0.0399. The van der Waals surface area contributed by atoms with E-state index in [1.54, 1.807) is 7.11 Å². The van der Waals surface area contributed by atoms with E-state index >= 15 is 0 Å². The van der Waals surface area contributed by atoms with E-state index in [0.717, 1.165) is 24.2 Å². The van der Waals surface area contributed by atoms with Gasteiger partial charge in [-0.1, -0.05) is 19.8 Å². The average molecular weight is 264 g/mol. The van der Waals surface area contributed by atoms with Crippen LogP contribution in [0.15, 0.2) is 6.33 Å². The molecule has 1 heterocycles. The number of rotatable bonds is 4. The van der Waals surface area contributed by atoms with Crippen molar-refractivity contribution in [3.05, 3.63) is 11.9 Å². The standard InChI is InChI=1S/C14H24N4O/c1-10-5-4-6-14(7-10,8-15)18-12-11(2)13(19-3)17-9-16-12/h9-10H,4-8,15H2,1-3H3,(H,16,17,18). The van der Waals surface area contributed by atoms with Crippen LogP contribution in [-0.4, -0.2) is 29.2 Å². The molecular weight excluding hydrogens is 240 g/mol. The first-order valence-electron chi connectivity index (χ1n) is 6.94. The second kappa shape index (κ2) is 5.74. The van der Waals surface area contributed by atoms with Crippen LogP contribution in [0, 0.1) is 12.8 Å². The van der Waals surface area contributed by atoms with Gasteiger partial charge in [-0.2, -0.15) is 0 Å².